The Hall–Kier alpha value is -0.300. The molecule has 0 unspecified atom stereocenters. The van der Waals surface area contributed by atoms with Crippen molar-refractivity contribution in [2.24, 2.45) is 0 Å². The largest absolute Gasteiger partial charge is 0.381 e. The van der Waals surface area contributed by atoms with Gasteiger partial charge in [-0.05, 0) is 32.6 Å². The van der Waals surface area contributed by atoms with Crippen LogP contribution in [-0.2, 0) is 4.74 Å². The summed E-state index contributed by atoms with van der Waals surface area (Å²) < 4.78 is 5.27. The zero-order valence-corrected chi connectivity index (χ0v) is 7.57. The normalized spacial score (nSPS) is 10.0. The molecule has 0 aliphatic rings. The summed E-state index contributed by atoms with van der Waals surface area (Å²) in [5.41, 5.74) is 1.27. The number of allylic oxidation sites excluding steroid dienone is 1. The summed E-state index contributed by atoms with van der Waals surface area (Å²) in [5.74, 6) is 0. The van der Waals surface area contributed by atoms with E-state index in [1.54, 1.807) is 0 Å². The molecule has 0 spiro atoms. The Balaban J connectivity index is 2.85. The van der Waals surface area contributed by atoms with E-state index in [0.717, 1.165) is 32.5 Å². The number of rotatable bonds is 7. The zero-order chi connectivity index (χ0) is 8.53. The molecule has 11 heavy (non-hydrogen) atoms. The molecule has 1 heteroatoms. The van der Waals surface area contributed by atoms with Gasteiger partial charge in [0.25, 0.3) is 0 Å². The molecule has 1 nitrogen and oxygen atoms in total. The standard InChI is InChI=1S/C10H19O/c1-4-8-11-9-6-5-7-10(2)3/h1-2,4-9H2,3H3. The fourth-order valence-electron chi connectivity index (χ4n) is 0.835. The molecule has 0 saturated heterocycles. The number of hydrogen-bond donors (Lipinski definition) is 0. The maximum absolute atomic E-state index is 5.27. The zero-order valence-electron chi connectivity index (χ0n) is 7.57. The van der Waals surface area contributed by atoms with Gasteiger partial charge in [-0.2, -0.15) is 0 Å². The lowest BCUT2D eigenvalue weighted by Crippen LogP contribution is -1.95. The van der Waals surface area contributed by atoms with Gasteiger partial charge >= 0.3 is 0 Å². The lowest BCUT2D eigenvalue weighted by atomic mass is 10.1. The maximum Gasteiger partial charge on any atom is 0.0466 e. The van der Waals surface area contributed by atoms with Crippen molar-refractivity contribution in [3.63, 3.8) is 0 Å². The van der Waals surface area contributed by atoms with Gasteiger partial charge in [-0.3, -0.25) is 0 Å². The van der Waals surface area contributed by atoms with Crippen LogP contribution < -0.4 is 0 Å². The average molecular weight is 155 g/mol. The van der Waals surface area contributed by atoms with Gasteiger partial charge in [-0.1, -0.05) is 12.5 Å². The lowest BCUT2D eigenvalue weighted by Gasteiger charge is -2.01. The van der Waals surface area contributed by atoms with Crippen molar-refractivity contribution in [1.82, 2.24) is 0 Å². The second-order valence-electron chi connectivity index (χ2n) is 2.88. The summed E-state index contributed by atoms with van der Waals surface area (Å²) in [6, 6.07) is 0. The van der Waals surface area contributed by atoms with Gasteiger partial charge < -0.3 is 4.74 Å². The summed E-state index contributed by atoms with van der Waals surface area (Å²) in [4.78, 5) is 0. The predicted octanol–water partition coefficient (Wildman–Crippen LogP) is 2.97. The highest BCUT2D eigenvalue weighted by Crippen LogP contribution is 2.03. The lowest BCUT2D eigenvalue weighted by molar-refractivity contribution is 0.134. The molecule has 1 radical (unpaired) electrons. The Bertz CT molecular complexity index is 97.0. The SMILES string of the molecule is [CH2]CCOCCCCC(=C)C. The Kier molecular flexibility index (Phi) is 7.59. The molecule has 0 aromatic rings. The second-order valence-corrected chi connectivity index (χ2v) is 2.88. The number of ether oxygens (including phenoxy) is 1. The van der Waals surface area contributed by atoms with Crippen molar-refractivity contribution in [1.29, 1.82) is 0 Å². The Morgan fingerprint density at radius 1 is 1.27 bits per heavy atom. The Morgan fingerprint density at radius 3 is 2.55 bits per heavy atom. The third-order valence-corrected chi connectivity index (χ3v) is 1.43. The van der Waals surface area contributed by atoms with E-state index < -0.39 is 0 Å². The molecule has 0 heterocycles. The van der Waals surface area contributed by atoms with Crippen molar-refractivity contribution in [2.75, 3.05) is 13.2 Å². The molecule has 0 fully saturated rings. The topological polar surface area (TPSA) is 9.23 Å². The Morgan fingerprint density at radius 2 is 2.00 bits per heavy atom. The van der Waals surface area contributed by atoms with E-state index in [2.05, 4.69) is 20.4 Å². The summed E-state index contributed by atoms with van der Waals surface area (Å²) >= 11 is 0. The van der Waals surface area contributed by atoms with E-state index in [0.29, 0.717) is 0 Å². The van der Waals surface area contributed by atoms with Crippen LogP contribution in [0.5, 0.6) is 0 Å². The molecule has 0 saturated carbocycles. The van der Waals surface area contributed by atoms with Crippen LogP contribution in [0.4, 0.5) is 0 Å². The van der Waals surface area contributed by atoms with E-state index in [1.807, 2.05) is 0 Å². The van der Waals surface area contributed by atoms with Gasteiger partial charge in [0.15, 0.2) is 0 Å². The van der Waals surface area contributed by atoms with Crippen molar-refractivity contribution < 1.29 is 4.74 Å². The first-order valence-corrected chi connectivity index (χ1v) is 4.28. The molecule has 0 aliphatic heterocycles. The van der Waals surface area contributed by atoms with E-state index >= 15 is 0 Å². The first-order valence-electron chi connectivity index (χ1n) is 4.28. The van der Waals surface area contributed by atoms with Crippen LogP contribution in [0.3, 0.4) is 0 Å². The van der Waals surface area contributed by atoms with Crippen LogP contribution >= 0.6 is 0 Å². The Labute approximate surface area is 70.4 Å². The molecule has 0 bridgehead atoms. The number of hydrogen-bond acceptors (Lipinski definition) is 1. The predicted molar refractivity (Wildman–Crippen MR) is 49.5 cm³/mol. The molecule has 0 aromatic heterocycles. The molecule has 0 aromatic carbocycles. The maximum atomic E-state index is 5.27. The summed E-state index contributed by atoms with van der Waals surface area (Å²) in [6.45, 7) is 11.3. The summed E-state index contributed by atoms with van der Waals surface area (Å²) in [6.07, 6.45) is 4.35. The molecule has 65 valence electrons. The monoisotopic (exact) mass is 155 g/mol. The second kappa shape index (κ2) is 7.80. The van der Waals surface area contributed by atoms with Gasteiger partial charge in [0.2, 0.25) is 0 Å². The van der Waals surface area contributed by atoms with Crippen LogP contribution in [0.1, 0.15) is 32.6 Å². The molecule has 0 N–H and O–H groups in total. The highest BCUT2D eigenvalue weighted by Gasteiger charge is 1.89. The van der Waals surface area contributed by atoms with Gasteiger partial charge in [-0.15, -0.1) is 6.58 Å². The van der Waals surface area contributed by atoms with Gasteiger partial charge in [-0.25, -0.2) is 0 Å². The minimum atomic E-state index is 0.799. The van der Waals surface area contributed by atoms with Crippen LogP contribution in [0, 0.1) is 6.92 Å². The molecule has 0 amide bonds. The van der Waals surface area contributed by atoms with Gasteiger partial charge in [0.1, 0.15) is 0 Å². The molecular formula is C10H19O. The molecule has 0 rings (SSSR count). The third-order valence-electron chi connectivity index (χ3n) is 1.43. The van der Waals surface area contributed by atoms with Crippen molar-refractivity contribution in [3.8, 4) is 0 Å². The minimum Gasteiger partial charge on any atom is -0.381 e. The van der Waals surface area contributed by atoms with Crippen LogP contribution in [0.25, 0.3) is 0 Å². The average Bonchev–Trinajstić information content (AvgIpc) is 1.96. The molecule has 0 atom stereocenters. The summed E-state index contributed by atoms with van der Waals surface area (Å²) in [5, 5.41) is 0. The van der Waals surface area contributed by atoms with Crippen LogP contribution in [0.2, 0.25) is 0 Å². The minimum absolute atomic E-state index is 0.799. The number of unbranched alkanes of at least 4 members (excludes halogenated alkanes) is 1. The molecular weight excluding hydrogens is 136 g/mol. The smallest absolute Gasteiger partial charge is 0.0466 e. The third kappa shape index (κ3) is 9.70. The van der Waals surface area contributed by atoms with Crippen molar-refractivity contribution in [2.45, 2.75) is 32.6 Å². The highest BCUT2D eigenvalue weighted by atomic mass is 16.5. The van der Waals surface area contributed by atoms with Crippen LogP contribution in [-0.4, -0.2) is 13.2 Å². The van der Waals surface area contributed by atoms with E-state index in [1.165, 1.54) is 12.0 Å². The van der Waals surface area contributed by atoms with Crippen molar-refractivity contribution in [3.05, 3.63) is 19.1 Å². The van der Waals surface area contributed by atoms with Gasteiger partial charge in [0.05, 0.1) is 0 Å². The summed E-state index contributed by atoms with van der Waals surface area (Å²) in [7, 11) is 0. The first kappa shape index (κ1) is 10.7. The van der Waals surface area contributed by atoms with Crippen molar-refractivity contribution >= 4 is 0 Å². The van der Waals surface area contributed by atoms with Crippen LogP contribution in [0.15, 0.2) is 12.2 Å². The van der Waals surface area contributed by atoms with E-state index in [9.17, 15) is 0 Å². The first-order chi connectivity index (χ1) is 5.27. The van der Waals surface area contributed by atoms with E-state index in [-0.39, 0.29) is 0 Å². The highest BCUT2D eigenvalue weighted by molar-refractivity contribution is 4.86. The van der Waals surface area contributed by atoms with E-state index in [4.69, 9.17) is 4.74 Å². The fraction of sp³-hybridized carbons (Fsp3) is 0.700. The van der Waals surface area contributed by atoms with Gasteiger partial charge in [0, 0.05) is 13.2 Å². The molecule has 0 aliphatic carbocycles. The fourth-order valence-corrected chi connectivity index (χ4v) is 0.835. The quantitative estimate of drug-likeness (QED) is 0.405.